The molecule has 160 valence electrons. The Morgan fingerprint density at radius 2 is 1.42 bits per heavy atom. The van der Waals surface area contributed by atoms with Crippen LogP contribution in [0.3, 0.4) is 0 Å². The van der Waals surface area contributed by atoms with E-state index in [1.165, 1.54) is 11.1 Å². The molecule has 1 aliphatic carbocycles. The summed E-state index contributed by atoms with van der Waals surface area (Å²) in [6, 6.07) is 16.4. The molecule has 0 radical (unpaired) electrons. The Kier molecular flexibility index (Phi) is 6.60. The number of benzene rings is 3. The van der Waals surface area contributed by atoms with E-state index in [9.17, 15) is 15.0 Å². The van der Waals surface area contributed by atoms with Crippen molar-refractivity contribution >= 4 is 53.9 Å². The quantitative estimate of drug-likeness (QED) is 0.228. The second-order valence-electron chi connectivity index (χ2n) is 7.12. The second kappa shape index (κ2) is 9.22. The van der Waals surface area contributed by atoms with Crippen molar-refractivity contribution in [1.29, 1.82) is 0 Å². The van der Waals surface area contributed by atoms with Crippen molar-refractivity contribution in [3.63, 3.8) is 0 Å². The van der Waals surface area contributed by atoms with Gasteiger partial charge in [0, 0.05) is 16.9 Å². The number of hydrogen-bond donors (Lipinski definition) is 3. The van der Waals surface area contributed by atoms with Crippen LogP contribution in [0.4, 0.5) is 4.79 Å². The summed E-state index contributed by atoms with van der Waals surface area (Å²) in [5.74, 6) is -0.510. The highest BCUT2D eigenvalue weighted by Gasteiger charge is 2.29. The third kappa shape index (κ3) is 4.21. The lowest BCUT2D eigenvalue weighted by atomic mass is 9.98. The summed E-state index contributed by atoms with van der Waals surface area (Å²) in [4.78, 5) is 12.3. The van der Waals surface area contributed by atoms with E-state index in [2.05, 4.69) is 77.4 Å². The number of carbonyl (C=O) groups excluding carboxylic acids is 1. The van der Waals surface area contributed by atoms with Crippen molar-refractivity contribution in [2.75, 3.05) is 13.2 Å². The maximum absolute atomic E-state index is 12.3. The number of ether oxygens (including phenoxy) is 1. The highest BCUT2D eigenvalue weighted by Crippen LogP contribution is 2.47. The van der Waals surface area contributed by atoms with E-state index >= 15 is 0 Å². The molecule has 1 aliphatic rings. The van der Waals surface area contributed by atoms with Crippen molar-refractivity contribution in [2.24, 2.45) is 0 Å². The number of amides is 1. The fourth-order valence-electron chi connectivity index (χ4n) is 3.84. The third-order valence-corrected chi connectivity index (χ3v) is 8.38. The first-order valence-corrected chi connectivity index (χ1v) is 11.9. The van der Waals surface area contributed by atoms with E-state index in [1.54, 1.807) is 0 Å². The smallest absolute Gasteiger partial charge is 0.407 e. The minimum atomic E-state index is -0.504. The Bertz CT molecular complexity index is 1090. The van der Waals surface area contributed by atoms with Gasteiger partial charge in [0.05, 0.1) is 8.95 Å². The zero-order valence-electron chi connectivity index (χ0n) is 16.2. The van der Waals surface area contributed by atoms with E-state index in [-0.39, 0.29) is 24.0 Å². The molecule has 31 heavy (non-hydrogen) atoms. The number of halogens is 3. The molecule has 8 heteroatoms. The van der Waals surface area contributed by atoms with Crippen LogP contribution in [0.5, 0.6) is 11.5 Å². The van der Waals surface area contributed by atoms with Crippen molar-refractivity contribution in [1.82, 2.24) is 5.32 Å². The maximum Gasteiger partial charge on any atom is 0.407 e. The van der Waals surface area contributed by atoms with E-state index in [4.69, 9.17) is 4.74 Å². The van der Waals surface area contributed by atoms with E-state index in [0.29, 0.717) is 31.9 Å². The van der Waals surface area contributed by atoms with Crippen LogP contribution in [0.2, 0.25) is 0 Å². The normalized spacial score (nSPS) is 12.4. The van der Waals surface area contributed by atoms with Gasteiger partial charge in [-0.3, -0.25) is 0 Å². The molecule has 3 aromatic carbocycles. The number of alkyl carbamates (subject to hydrolysis) is 1. The average Bonchev–Trinajstić information content (AvgIpc) is 3.11. The minimum Gasteiger partial charge on any atom is -0.503 e. The Morgan fingerprint density at radius 3 is 2.03 bits per heavy atom. The topological polar surface area (TPSA) is 78.8 Å². The van der Waals surface area contributed by atoms with Gasteiger partial charge in [0.25, 0.3) is 0 Å². The van der Waals surface area contributed by atoms with Crippen molar-refractivity contribution in [3.8, 4) is 22.6 Å². The molecule has 0 fully saturated rings. The average molecular weight is 612 g/mol. The number of fused-ring (bicyclic) bond motifs is 3. The number of phenolic OH excluding ortho intramolecular Hbond substituents is 2. The van der Waals surface area contributed by atoms with Gasteiger partial charge in [-0.15, -0.1) is 0 Å². The zero-order valence-corrected chi connectivity index (χ0v) is 20.9. The van der Waals surface area contributed by atoms with Crippen molar-refractivity contribution < 1.29 is 19.7 Å². The van der Waals surface area contributed by atoms with Gasteiger partial charge < -0.3 is 20.3 Å². The molecule has 0 atom stereocenters. The molecule has 0 unspecified atom stereocenters. The lowest BCUT2D eigenvalue weighted by Gasteiger charge is -2.15. The fraction of sp³-hybridized carbons (Fsp3) is 0.174. The number of carbonyl (C=O) groups is 1. The second-order valence-corrected chi connectivity index (χ2v) is 9.50. The summed E-state index contributed by atoms with van der Waals surface area (Å²) in [6.45, 7) is 0.545. The van der Waals surface area contributed by atoms with Crippen LogP contribution < -0.4 is 5.32 Å². The molecule has 0 aromatic heterocycles. The lowest BCUT2D eigenvalue weighted by Crippen LogP contribution is -2.28. The largest absolute Gasteiger partial charge is 0.503 e. The Hall–Kier alpha value is -2.03. The standard InChI is InChI=1S/C23H18Br3NO4/c24-18-16(19(25)21(28)22(29)20(18)26)9-10-27-23(30)31-11-17-14-7-3-1-5-12(14)13-6-2-4-8-15(13)17/h1-8,17,28-29H,9-11H2,(H,27,30). The number of hydrogen-bond acceptors (Lipinski definition) is 4. The Morgan fingerprint density at radius 1 is 0.871 bits per heavy atom. The van der Waals surface area contributed by atoms with Crippen LogP contribution in [0.25, 0.3) is 11.1 Å². The van der Waals surface area contributed by atoms with E-state index in [1.807, 2.05) is 24.3 Å². The predicted molar refractivity (Wildman–Crippen MR) is 130 cm³/mol. The van der Waals surface area contributed by atoms with Gasteiger partial charge in [-0.05, 0) is 82.0 Å². The van der Waals surface area contributed by atoms with Crippen molar-refractivity contribution in [3.05, 3.63) is 78.6 Å². The summed E-state index contributed by atoms with van der Waals surface area (Å²) < 4.78 is 6.85. The molecular weight excluding hydrogens is 594 g/mol. The number of aromatic hydroxyl groups is 2. The Balaban J connectivity index is 1.38. The van der Waals surface area contributed by atoms with Crippen LogP contribution in [-0.2, 0) is 11.2 Å². The van der Waals surface area contributed by atoms with Gasteiger partial charge in [-0.2, -0.15) is 0 Å². The van der Waals surface area contributed by atoms with E-state index in [0.717, 1.165) is 11.1 Å². The van der Waals surface area contributed by atoms with Gasteiger partial charge >= 0.3 is 6.09 Å². The first kappa shape index (κ1) is 22.2. The highest BCUT2D eigenvalue weighted by atomic mass is 79.9. The van der Waals surface area contributed by atoms with Gasteiger partial charge in [-0.1, -0.05) is 48.5 Å². The third-order valence-electron chi connectivity index (χ3n) is 5.35. The minimum absolute atomic E-state index is 0.00596. The summed E-state index contributed by atoms with van der Waals surface area (Å²) in [5.41, 5.74) is 5.39. The summed E-state index contributed by atoms with van der Waals surface area (Å²) in [6.07, 6.45) is -0.0891. The molecule has 3 aromatic rings. The molecular formula is C23H18Br3NO4. The van der Waals surface area contributed by atoms with Crippen LogP contribution in [-0.4, -0.2) is 29.5 Å². The molecule has 0 spiro atoms. The number of rotatable bonds is 5. The summed E-state index contributed by atoms with van der Waals surface area (Å²) in [5, 5.41) is 22.6. The SMILES string of the molecule is O=C(NCCc1c(Br)c(O)c(O)c(Br)c1Br)OCC1c2ccccc2-c2ccccc21. The fourth-order valence-corrected chi connectivity index (χ4v) is 5.70. The predicted octanol–water partition coefficient (Wildman–Crippen LogP) is 6.47. The van der Waals surface area contributed by atoms with Crippen molar-refractivity contribution in [2.45, 2.75) is 12.3 Å². The first-order valence-electron chi connectivity index (χ1n) is 9.56. The molecule has 0 saturated heterocycles. The van der Waals surface area contributed by atoms with E-state index < -0.39 is 6.09 Å². The number of nitrogens with one attached hydrogen (secondary N) is 1. The molecule has 4 rings (SSSR count). The van der Waals surface area contributed by atoms with Gasteiger partial charge in [0.1, 0.15) is 6.61 Å². The first-order chi connectivity index (χ1) is 14.9. The Labute approximate surface area is 204 Å². The molecule has 5 nitrogen and oxygen atoms in total. The van der Waals surface area contributed by atoms with Gasteiger partial charge in [0.15, 0.2) is 11.5 Å². The molecule has 0 saturated carbocycles. The summed E-state index contributed by atoms with van der Waals surface area (Å²) in [7, 11) is 0. The van der Waals surface area contributed by atoms with Gasteiger partial charge in [0.2, 0.25) is 0 Å². The molecule has 0 heterocycles. The highest BCUT2D eigenvalue weighted by molar-refractivity contribution is 9.13. The molecule has 0 bridgehead atoms. The van der Waals surface area contributed by atoms with Crippen LogP contribution in [0.1, 0.15) is 22.6 Å². The van der Waals surface area contributed by atoms with Crippen LogP contribution in [0, 0.1) is 0 Å². The molecule has 0 aliphatic heterocycles. The monoisotopic (exact) mass is 609 g/mol. The van der Waals surface area contributed by atoms with Gasteiger partial charge in [-0.25, -0.2) is 4.79 Å². The lowest BCUT2D eigenvalue weighted by molar-refractivity contribution is 0.143. The molecule has 3 N–H and O–H groups in total. The van der Waals surface area contributed by atoms with Crippen LogP contribution >= 0.6 is 47.8 Å². The number of phenols is 2. The molecule has 1 amide bonds. The summed E-state index contributed by atoms with van der Waals surface area (Å²) >= 11 is 9.92. The maximum atomic E-state index is 12.3. The zero-order chi connectivity index (χ0) is 22.1. The van der Waals surface area contributed by atoms with Crippen LogP contribution in [0.15, 0.2) is 61.9 Å².